The highest BCUT2D eigenvalue weighted by atomic mass is 16.5. The summed E-state index contributed by atoms with van der Waals surface area (Å²) in [4.78, 5) is 21.0. The number of hydrogen-bond acceptors (Lipinski definition) is 6. The first-order valence-electron chi connectivity index (χ1n) is 11.5. The second kappa shape index (κ2) is 7.87. The average Bonchev–Trinajstić information content (AvgIpc) is 3.47. The van der Waals surface area contributed by atoms with Crippen molar-refractivity contribution >= 4 is 27.9 Å². The largest absolute Gasteiger partial charge is 0.504 e. The lowest BCUT2D eigenvalue weighted by Gasteiger charge is -2.29. The number of methoxy groups -OCH3 is 1. The monoisotopic (exact) mass is 466 g/mol. The lowest BCUT2D eigenvalue weighted by Crippen LogP contribution is -2.41. The fraction of sp³-hybridized carbons (Fsp3) is 0.222. The third kappa shape index (κ3) is 3.86. The van der Waals surface area contributed by atoms with Crippen LogP contribution in [0.15, 0.2) is 59.6 Å². The molecule has 2 aromatic heterocycles. The molecule has 1 aliphatic rings. The molecule has 0 spiro atoms. The van der Waals surface area contributed by atoms with E-state index in [9.17, 15) is 5.11 Å². The first kappa shape index (κ1) is 21.2. The lowest BCUT2D eigenvalue weighted by atomic mass is 9.92. The topological polar surface area (TPSA) is 111 Å². The first-order valence-corrected chi connectivity index (χ1v) is 11.5. The molecule has 8 nitrogen and oxygen atoms in total. The zero-order chi connectivity index (χ0) is 24.2. The number of benzene rings is 3. The molecular formula is C27H26N6O2. The van der Waals surface area contributed by atoms with Crippen molar-refractivity contribution < 1.29 is 9.84 Å². The van der Waals surface area contributed by atoms with Crippen molar-refractivity contribution in [2.45, 2.75) is 13.8 Å². The van der Waals surface area contributed by atoms with Crippen LogP contribution in [0.25, 0.3) is 44.8 Å². The third-order valence-electron chi connectivity index (χ3n) is 6.36. The summed E-state index contributed by atoms with van der Waals surface area (Å²) >= 11 is 0. The summed E-state index contributed by atoms with van der Waals surface area (Å²) in [5.41, 5.74) is 6.55. The molecule has 0 saturated carbocycles. The van der Waals surface area contributed by atoms with Crippen LogP contribution < -0.4 is 10.1 Å². The highest BCUT2D eigenvalue weighted by Gasteiger charge is 2.23. The minimum atomic E-state index is 0.0749. The zero-order valence-electron chi connectivity index (χ0n) is 19.8. The first-order chi connectivity index (χ1) is 16.9. The maximum atomic E-state index is 10.1. The normalized spacial score (nSPS) is 15.2. The number of aromatic amines is 2. The molecule has 5 aromatic rings. The molecule has 3 heterocycles. The zero-order valence-corrected chi connectivity index (χ0v) is 19.8. The highest BCUT2D eigenvalue weighted by Crippen LogP contribution is 2.32. The van der Waals surface area contributed by atoms with Gasteiger partial charge >= 0.3 is 0 Å². The van der Waals surface area contributed by atoms with Crippen LogP contribution in [0.1, 0.15) is 19.4 Å². The fourth-order valence-corrected chi connectivity index (χ4v) is 4.35. The molecule has 0 radical (unpaired) electrons. The van der Waals surface area contributed by atoms with E-state index in [2.05, 4.69) is 46.2 Å². The van der Waals surface area contributed by atoms with Crippen LogP contribution >= 0.6 is 0 Å². The third-order valence-corrected chi connectivity index (χ3v) is 6.36. The van der Waals surface area contributed by atoms with Gasteiger partial charge < -0.3 is 25.1 Å². The van der Waals surface area contributed by atoms with E-state index in [1.54, 1.807) is 12.1 Å². The Bertz CT molecular complexity index is 1610. The van der Waals surface area contributed by atoms with Crippen LogP contribution in [0.2, 0.25) is 0 Å². The van der Waals surface area contributed by atoms with E-state index < -0.39 is 0 Å². The van der Waals surface area contributed by atoms with Crippen LogP contribution in [-0.4, -0.2) is 51.1 Å². The summed E-state index contributed by atoms with van der Waals surface area (Å²) in [7, 11) is 1.53. The summed E-state index contributed by atoms with van der Waals surface area (Å²) in [6.45, 7) is 6.14. The van der Waals surface area contributed by atoms with Crippen LogP contribution in [0.4, 0.5) is 0 Å². The number of fused-ring (bicyclic) bond motifs is 2. The quantitative estimate of drug-likeness (QED) is 0.302. The molecule has 3 aromatic carbocycles. The van der Waals surface area contributed by atoms with Crippen molar-refractivity contribution in [3.8, 4) is 34.3 Å². The van der Waals surface area contributed by atoms with Crippen LogP contribution in [0.3, 0.4) is 0 Å². The summed E-state index contributed by atoms with van der Waals surface area (Å²) < 4.78 is 5.13. The summed E-state index contributed by atoms with van der Waals surface area (Å²) in [6.07, 6.45) is 0. The van der Waals surface area contributed by atoms with Gasteiger partial charge in [-0.05, 0) is 54.6 Å². The molecule has 0 unspecified atom stereocenters. The van der Waals surface area contributed by atoms with Gasteiger partial charge in [0.2, 0.25) is 0 Å². The second-order valence-corrected chi connectivity index (χ2v) is 9.70. The SMILES string of the molecule is COc1ccc(-c2nc3ccc(-c4nc5ccc(C6=NCC(C)(C)CN6)cc5[nH]4)cc3[nH]2)cc1O. The molecule has 0 bridgehead atoms. The number of amidine groups is 1. The van der Waals surface area contributed by atoms with Crippen molar-refractivity contribution in [3.05, 3.63) is 60.2 Å². The Kier molecular flexibility index (Phi) is 4.77. The van der Waals surface area contributed by atoms with Crippen molar-refractivity contribution in [1.82, 2.24) is 25.3 Å². The molecule has 0 aliphatic carbocycles. The molecule has 176 valence electrons. The van der Waals surface area contributed by atoms with E-state index in [1.165, 1.54) is 7.11 Å². The predicted octanol–water partition coefficient (Wildman–Crippen LogP) is 4.86. The van der Waals surface area contributed by atoms with Gasteiger partial charge in [0, 0.05) is 35.2 Å². The molecule has 0 saturated heterocycles. The van der Waals surface area contributed by atoms with E-state index in [1.807, 2.05) is 30.3 Å². The number of ether oxygens (including phenoxy) is 1. The predicted molar refractivity (Wildman–Crippen MR) is 138 cm³/mol. The van der Waals surface area contributed by atoms with Gasteiger partial charge in [-0.1, -0.05) is 13.8 Å². The molecule has 0 amide bonds. The molecular weight excluding hydrogens is 440 g/mol. The Labute approximate surface area is 202 Å². The number of nitrogens with one attached hydrogen (secondary N) is 3. The van der Waals surface area contributed by atoms with Gasteiger partial charge in [-0.15, -0.1) is 0 Å². The number of H-pyrrole nitrogens is 2. The number of rotatable bonds is 4. The van der Waals surface area contributed by atoms with E-state index in [-0.39, 0.29) is 11.2 Å². The number of hydrogen-bond donors (Lipinski definition) is 4. The number of phenols is 1. The van der Waals surface area contributed by atoms with Crippen LogP contribution in [0, 0.1) is 5.41 Å². The van der Waals surface area contributed by atoms with Gasteiger partial charge in [-0.25, -0.2) is 9.97 Å². The summed E-state index contributed by atoms with van der Waals surface area (Å²) in [5, 5.41) is 13.6. The van der Waals surface area contributed by atoms with Gasteiger partial charge in [0.15, 0.2) is 11.5 Å². The highest BCUT2D eigenvalue weighted by molar-refractivity contribution is 6.01. The van der Waals surface area contributed by atoms with E-state index in [0.717, 1.165) is 63.5 Å². The molecule has 1 aliphatic heterocycles. The molecule has 6 rings (SSSR count). The molecule has 35 heavy (non-hydrogen) atoms. The van der Waals surface area contributed by atoms with E-state index >= 15 is 0 Å². The van der Waals surface area contributed by atoms with Gasteiger partial charge in [-0.2, -0.15) is 0 Å². The van der Waals surface area contributed by atoms with Gasteiger partial charge in [0.25, 0.3) is 0 Å². The van der Waals surface area contributed by atoms with Crippen molar-refractivity contribution in [3.63, 3.8) is 0 Å². The minimum absolute atomic E-state index is 0.0749. The summed E-state index contributed by atoms with van der Waals surface area (Å²) in [5.74, 6) is 2.89. The van der Waals surface area contributed by atoms with Crippen molar-refractivity contribution in [2.75, 3.05) is 20.2 Å². The summed E-state index contributed by atoms with van der Waals surface area (Å²) in [6, 6.07) is 17.4. The standard InChI is InChI=1S/C27H26N6O2/c1-27(2)13-28-24(29-14-27)15-4-7-18-20(10-15)32-25(30-18)16-5-8-19-21(11-16)33-26(31-19)17-6-9-23(35-3)22(34)12-17/h4-12,34H,13-14H2,1-3H3,(H,28,29)(H,30,32)(H,31,33). The average molecular weight is 467 g/mol. The number of aliphatic imine (C=N–C) groups is 1. The van der Waals surface area contributed by atoms with Gasteiger partial charge in [0.1, 0.15) is 17.5 Å². The Morgan fingerprint density at radius 1 is 0.829 bits per heavy atom. The van der Waals surface area contributed by atoms with Crippen molar-refractivity contribution in [1.29, 1.82) is 0 Å². The number of phenolic OH excluding ortho intramolecular Hbond substituents is 1. The Morgan fingerprint density at radius 3 is 2.03 bits per heavy atom. The van der Waals surface area contributed by atoms with E-state index in [4.69, 9.17) is 14.7 Å². The van der Waals surface area contributed by atoms with Crippen LogP contribution in [0.5, 0.6) is 11.5 Å². The van der Waals surface area contributed by atoms with Crippen LogP contribution in [-0.2, 0) is 0 Å². The Morgan fingerprint density at radius 2 is 1.43 bits per heavy atom. The maximum absolute atomic E-state index is 10.1. The Hall–Kier alpha value is -4.33. The number of aromatic hydroxyl groups is 1. The number of aromatic nitrogens is 4. The molecule has 8 heteroatoms. The second-order valence-electron chi connectivity index (χ2n) is 9.70. The number of nitrogens with zero attached hydrogens (tertiary/aromatic N) is 3. The fourth-order valence-electron chi connectivity index (χ4n) is 4.35. The minimum Gasteiger partial charge on any atom is -0.504 e. The molecule has 0 atom stereocenters. The van der Waals surface area contributed by atoms with E-state index in [0.29, 0.717) is 11.6 Å². The van der Waals surface area contributed by atoms with Gasteiger partial charge in [-0.3, -0.25) is 4.99 Å². The molecule has 4 N–H and O–H groups in total. The number of imidazole rings is 2. The smallest absolute Gasteiger partial charge is 0.160 e. The van der Waals surface area contributed by atoms with Crippen molar-refractivity contribution in [2.24, 2.45) is 10.4 Å². The Balaban J connectivity index is 1.32. The maximum Gasteiger partial charge on any atom is 0.160 e. The van der Waals surface area contributed by atoms with Gasteiger partial charge in [0.05, 0.1) is 29.2 Å². The molecule has 0 fully saturated rings. The lowest BCUT2D eigenvalue weighted by molar-refractivity contribution is 0.362.